The molecule has 0 saturated carbocycles. The van der Waals surface area contributed by atoms with E-state index in [2.05, 4.69) is 15.2 Å². The van der Waals surface area contributed by atoms with Gasteiger partial charge < -0.3 is 14.8 Å². The highest BCUT2D eigenvalue weighted by molar-refractivity contribution is 14.0. The highest BCUT2D eigenvalue weighted by atomic mass is 127. The summed E-state index contributed by atoms with van der Waals surface area (Å²) in [6.45, 7) is 3.86. The van der Waals surface area contributed by atoms with Crippen LogP contribution in [-0.2, 0) is 6.54 Å². The van der Waals surface area contributed by atoms with Crippen LogP contribution in [0.2, 0.25) is 0 Å². The van der Waals surface area contributed by atoms with Crippen molar-refractivity contribution in [1.82, 2.24) is 14.9 Å². The molecule has 1 saturated heterocycles. The second kappa shape index (κ2) is 8.37. The lowest BCUT2D eigenvalue weighted by Gasteiger charge is -2.22. The van der Waals surface area contributed by atoms with Gasteiger partial charge in [0.1, 0.15) is 0 Å². The lowest BCUT2D eigenvalue weighted by Crippen LogP contribution is -2.30. The molecule has 2 heterocycles. The van der Waals surface area contributed by atoms with Crippen LogP contribution in [0.4, 0.5) is 19.1 Å². The Morgan fingerprint density at radius 1 is 1.12 bits per heavy atom. The number of imidazole rings is 1. The number of halogens is 4. The molecular formula is C16H22F3IN4. The standard InChI is InChI=1S/C16H21F3N4.HI/c17-16(18,19)7-3-11-23-14-6-2-1-5-13(14)21-15(23)22-10-4-8-20-9-12-22;/h1-2,5-6,20H,3-4,7-12H2;1H. The number of alkyl halides is 3. The van der Waals surface area contributed by atoms with E-state index in [0.717, 1.165) is 49.6 Å². The zero-order valence-corrected chi connectivity index (χ0v) is 15.7. The number of aromatic nitrogens is 2. The van der Waals surface area contributed by atoms with Crippen molar-refractivity contribution in [1.29, 1.82) is 0 Å². The number of hydrogen-bond donors (Lipinski definition) is 1. The van der Waals surface area contributed by atoms with Crippen molar-refractivity contribution < 1.29 is 13.2 Å². The normalized spacial score (nSPS) is 16.0. The first-order valence-corrected chi connectivity index (χ1v) is 8.02. The molecule has 0 spiro atoms. The highest BCUT2D eigenvalue weighted by Gasteiger charge is 2.27. The van der Waals surface area contributed by atoms with Gasteiger partial charge in [0.05, 0.1) is 11.0 Å². The first-order valence-electron chi connectivity index (χ1n) is 8.02. The predicted octanol–water partition coefficient (Wildman–Crippen LogP) is 3.80. The van der Waals surface area contributed by atoms with Crippen molar-refractivity contribution >= 4 is 41.0 Å². The fraction of sp³-hybridized carbons (Fsp3) is 0.562. The molecule has 1 aromatic carbocycles. The Hall–Kier alpha value is -1.03. The van der Waals surface area contributed by atoms with Gasteiger partial charge in [-0.3, -0.25) is 0 Å². The third-order valence-corrected chi connectivity index (χ3v) is 4.10. The third-order valence-electron chi connectivity index (χ3n) is 4.10. The summed E-state index contributed by atoms with van der Waals surface area (Å²) in [7, 11) is 0. The van der Waals surface area contributed by atoms with Gasteiger partial charge in [-0.05, 0) is 31.5 Å². The van der Waals surface area contributed by atoms with E-state index in [4.69, 9.17) is 0 Å². The molecule has 134 valence electrons. The van der Waals surface area contributed by atoms with Crippen LogP contribution in [0.1, 0.15) is 19.3 Å². The lowest BCUT2D eigenvalue weighted by atomic mass is 10.3. The van der Waals surface area contributed by atoms with Crippen LogP contribution in [0.5, 0.6) is 0 Å². The molecule has 0 amide bonds. The molecule has 8 heteroatoms. The summed E-state index contributed by atoms with van der Waals surface area (Å²) < 4.78 is 39.3. The van der Waals surface area contributed by atoms with Crippen LogP contribution in [0, 0.1) is 0 Å². The smallest absolute Gasteiger partial charge is 0.341 e. The molecule has 24 heavy (non-hydrogen) atoms. The Morgan fingerprint density at radius 2 is 1.92 bits per heavy atom. The number of aryl methyl sites for hydroxylation is 1. The number of anilines is 1. The Labute approximate surface area is 156 Å². The summed E-state index contributed by atoms with van der Waals surface area (Å²) in [5.74, 6) is 0.789. The van der Waals surface area contributed by atoms with Gasteiger partial charge in [0.15, 0.2) is 0 Å². The first-order chi connectivity index (χ1) is 11.0. The maximum absolute atomic E-state index is 12.5. The number of benzene rings is 1. The van der Waals surface area contributed by atoms with Gasteiger partial charge in [0.25, 0.3) is 0 Å². The van der Waals surface area contributed by atoms with E-state index >= 15 is 0 Å². The van der Waals surface area contributed by atoms with Gasteiger partial charge in [0, 0.05) is 32.6 Å². The van der Waals surface area contributed by atoms with E-state index in [0.29, 0.717) is 6.54 Å². The molecule has 2 aromatic rings. The minimum atomic E-state index is -4.11. The SMILES string of the molecule is FC(F)(F)CCCn1c(N2CCCNCC2)nc2ccccc21.I. The molecule has 1 aliphatic heterocycles. The van der Waals surface area contributed by atoms with E-state index in [1.54, 1.807) is 0 Å². The molecule has 0 radical (unpaired) electrons. The molecule has 1 N–H and O–H groups in total. The van der Waals surface area contributed by atoms with Crippen molar-refractivity contribution in [3.63, 3.8) is 0 Å². The van der Waals surface area contributed by atoms with E-state index < -0.39 is 12.6 Å². The largest absolute Gasteiger partial charge is 0.389 e. The molecule has 1 fully saturated rings. The van der Waals surface area contributed by atoms with Gasteiger partial charge in [-0.15, -0.1) is 24.0 Å². The molecule has 1 aliphatic rings. The summed E-state index contributed by atoms with van der Waals surface area (Å²) >= 11 is 0. The monoisotopic (exact) mass is 454 g/mol. The van der Waals surface area contributed by atoms with Gasteiger partial charge in [-0.1, -0.05) is 12.1 Å². The van der Waals surface area contributed by atoms with Crippen LogP contribution in [0.15, 0.2) is 24.3 Å². The summed E-state index contributed by atoms with van der Waals surface area (Å²) in [5.41, 5.74) is 1.74. The van der Waals surface area contributed by atoms with Crippen molar-refractivity contribution in [2.24, 2.45) is 0 Å². The molecule has 3 rings (SSSR count). The average molecular weight is 454 g/mol. The van der Waals surface area contributed by atoms with Gasteiger partial charge >= 0.3 is 6.18 Å². The number of rotatable bonds is 4. The Kier molecular flexibility index (Phi) is 6.73. The van der Waals surface area contributed by atoms with Crippen LogP contribution < -0.4 is 10.2 Å². The second-order valence-corrected chi connectivity index (χ2v) is 5.86. The number of nitrogens with zero attached hydrogens (tertiary/aromatic N) is 3. The second-order valence-electron chi connectivity index (χ2n) is 5.86. The summed E-state index contributed by atoms with van der Waals surface area (Å²) in [5, 5.41) is 3.34. The van der Waals surface area contributed by atoms with E-state index in [1.165, 1.54) is 0 Å². The van der Waals surface area contributed by atoms with Crippen LogP contribution in [0.3, 0.4) is 0 Å². The molecular weight excluding hydrogens is 432 g/mol. The van der Waals surface area contributed by atoms with E-state index in [9.17, 15) is 13.2 Å². The van der Waals surface area contributed by atoms with Crippen LogP contribution in [-0.4, -0.2) is 41.9 Å². The van der Waals surface area contributed by atoms with Crippen molar-refractivity contribution in [3.8, 4) is 0 Å². The molecule has 0 unspecified atom stereocenters. The number of nitrogens with one attached hydrogen (secondary N) is 1. The summed E-state index contributed by atoms with van der Waals surface area (Å²) in [6, 6.07) is 7.64. The topological polar surface area (TPSA) is 33.1 Å². The third kappa shape index (κ3) is 4.75. The summed E-state index contributed by atoms with van der Waals surface area (Å²) in [6.07, 6.45) is -3.79. The Balaban J connectivity index is 0.00000208. The quantitative estimate of drug-likeness (QED) is 0.714. The molecule has 0 bridgehead atoms. The van der Waals surface area contributed by atoms with Crippen molar-refractivity contribution in [2.75, 3.05) is 31.1 Å². The molecule has 1 aromatic heterocycles. The van der Waals surface area contributed by atoms with Crippen LogP contribution >= 0.6 is 24.0 Å². The van der Waals surface area contributed by atoms with Crippen molar-refractivity contribution in [2.45, 2.75) is 32.0 Å². The zero-order valence-electron chi connectivity index (χ0n) is 13.4. The van der Waals surface area contributed by atoms with Gasteiger partial charge in [-0.25, -0.2) is 4.98 Å². The minimum absolute atomic E-state index is 0. The van der Waals surface area contributed by atoms with E-state index in [1.807, 2.05) is 28.8 Å². The number of hydrogen-bond acceptors (Lipinski definition) is 3. The molecule has 4 nitrogen and oxygen atoms in total. The zero-order chi connectivity index (χ0) is 16.3. The lowest BCUT2D eigenvalue weighted by molar-refractivity contribution is -0.135. The molecule has 0 atom stereocenters. The minimum Gasteiger partial charge on any atom is -0.341 e. The van der Waals surface area contributed by atoms with Gasteiger partial charge in [-0.2, -0.15) is 13.2 Å². The molecule has 0 aliphatic carbocycles. The summed E-state index contributed by atoms with van der Waals surface area (Å²) in [4.78, 5) is 6.85. The fourth-order valence-electron chi connectivity index (χ4n) is 3.01. The number of para-hydroxylation sites is 2. The Morgan fingerprint density at radius 3 is 2.71 bits per heavy atom. The highest BCUT2D eigenvalue weighted by Crippen LogP contribution is 2.26. The average Bonchev–Trinajstić information content (AvgIpc) is 2.69. The van der Waals surface area contributed by atoms with E-state index in [-0.39, 0.29) is 30.4 Å². The fourth-order valence-corrected chi connectivity index (χ4v) is 3.01. The first kappa shape index (κ1) is 19.3. The maximum Gasteiger partial charge on any atom is 0.389 e. The maximum atomic E-state index is 12.5. The predicted molar refractivity (Wildman–Crippen MR) is 100 cm³/mol. The van der Waals surface area contributed by atoms with Gasteiger partial charge in [0.2, 0.25) is 5.95 Å². The Bertz CT molecular complexity index is 648. The van der Waals surface area contributed by atoms with Crippen LogP contribution in [0.25, 0.3) is 11.0 Å². The van der Waals surface area contributed by atoms with Crippen molar-refractivity contribution in [3.05, 3.63) is 24.3 Å². The number of fused-ring (bicyclic) bond motifs is 1.